The van der Waals surface area contributed by atoms with Crippen molar-refractivity contribution in [3.05, 3.63) is 52.3 Å². The highest BCUT2D eigenvalue weighted by Crippen LogP contribution is 2.29. The number of hydrogen-bond donors (Lipinski definition) is 0. The number of rotatable bonds is 4. The first-order chi connectivity index (χ1) is 11.1. The molecule has 1 aromatic heterocycles. The summed E-state index contributed by atoms with van der Waals surface area (Å²) in [5, 5.41) is 4.39. The van der Waals surface area contributed by atoms with Gasteiger partial charge in [0, 0.05) is 37.0 Å². The van der Waals surface area contributed by atoms with E-state index in [1.165, 1.54) is 17.0 Å². The van der Waals surface area contributed by atoms with Gasteiger partial charge in [-0.1, -0.05) is 6.07 Å². The Bertz CT molecular complexity index is 750. The number of carbonyl (C=O) groups is 1. The number of benzene rings is 1. The van der Waals surface area contributed by atoms with Gasteiger partial charge in [-0.25, -0.2) is 0 Å². The van der Waals surface area contributed by atoms with E-state index >= 15 is 0 Å². The normalized spacial score (nSPS) is 11.6. The third-order valence-electron chi connectivity index (χ3n) is 4.01. The van der Waals surface area contributed by atoms with Crippen LogP contribution in [0.5, 0.6) is 0 Å². The summed E-state index contributed by atoms with van der Waals surface area (Å²) in [6, 6.07) is 4.48. The van der Waals surface area contributed by atoms with E-state index in [9.17, 15) is 18.0 Å². The van der Waals surface area contributed by atoms with Crippen LogP contribution in [0.2, 0.25) is 0 Å². The van der Waals surface area contributed by atoms with Crippen molar-refractivity contribution in [3.63, 3.8) is 0 Å². The van der Waals surface area contributed by atoms with E-state index in [0.29, 0.717) is 6.54 Å². The second-order valence-electron chi connectivity index (χ2n) is 5.70. The third kappa shape index (κ3) is 3.60. The van der Waals surface area contributed by atoms with Gasteiger partial charge in [0.15, 0.2) is 0 Å². The second kappa shape index (κ2) is 6.67. The molecular formula is C17H20F3N3O. The van der Waals surface area contributed by atoms with Crippen molar-refractivity contribution in [2.75, 3.05) is 7.05 Å². The molecule has 2 aromatic rings. The van der Waals surface area contributed by atoms with Crippen LogP contribution < -0.4 is 0 Å². The lowest BCUT2D eigenvalue weighted by Gasteiger charge is -2.18. The molecule has 0 fully saturated rings. The monoisotopic (exact) mass is 339 g/mol. The van der Waals surface area contributed by atoms with Gasteiger partial charge >= 0.3 is 6.18 Å². The van der Waals surface area contributed by atoms with Crippen molar-refractivity contribution >= 4 is 5.91 Å². The Hall–Kier alpha value is -2.31. The molecule has 1 amide bonds. The molecule has 0 atom stereocenters. The first kappa shape index (κ1) is 18.0. The lowest BCUT2D eigenvalue weighted by Crippen LogP contribution is -2.27. The molecule has 0 saturated heterocycles. The second-order valence-corrected chi connectivity index (χ2v) is 5.70. The first-order valence-electron chi connectivity index (χ1n) is 7.60. The van der Waals surface area contributed by atoms with Gasteiger partial charge in [0.05, 0.1) is 11.3 Å². The number of halogens is 3. The maximum absolute atomic E-state index is 12.8. The zero-order valence-electron chi connectivity index (χ0n) is 14.1. The van der Waals surface area contributed by atoms with Crippen molar-refractivity contribution in [2.24, 2.45) is 0 Å². The molecule has 24 heavy (non-hydrogen) atoms. The summed E-state index contributed by atoms with van der Waals surface area (Å²) in [7, 11) is 1.57. The maximum Gasteiger partial charge on any atom is 0.416 e. The third-order valence-corrected chi connectivity index (χ3v) is 4.01. The summed E-state index contributed by atoms with van der Waals surface area (Å²) in [4.78, 5) is 13.9. The van der Waals surface area contributed by atoms with E-state index in [1.54, 1.807) is 7.05 Å². The Labute approximate surface area is 138 Å². The zero-order valence-corrected chi connectivity index (χ0v) is 14.1. The van der Waals surface area contributed by atoms with Crippen LogP contribution in [0.4, 0.5) is 13.2 Å². The molecule has 0 unspecified atom stereocenters. The molecule has 0 spiro atoms. The van der Waals surface area contributed by atoms with E-state index in [1.807, 2.05) is 25.5 Å². The highest BCUT2D eigenvalue weighted by Gasteiger charge is 2.31. The molecule has 0 bridgehead atoms. The number of aryl methyl sites for hydroxylation is 2. The molecule has 0 aliphatic heterocycles. The van der Waals surface area contributed by atoms with Crippen LogP contribution in [0.25, 0.3) is 0 Å². The van der Waals surface area contributed by atoms with E-state index in [-0.39, 0.29) is 5.56 Å². The summed E-state index contributed by atoms with van der Waals surface area (Å²) in [5.41, 5.74) is 1.88. The fourth-order valence-corrected chi connectivity index (χ4v) is 2.63. The molecular weight excluding hydrogens is 319 g/mol. The molecule has 130 valence electrons. The number of carbonyl (C=O) groups excluding carboxylic acids is 1. The topological polar surface area (TPSA) is 38.1 Å². The first-order valence-corrected chi connectivity index (χ1v) is 7.60. The molecule has 0 aliphatic carbocycles. The van der Waals surface area contributed by atoms with E-state index in [2.05, 4.69) is 5.10 Å². The summed E-state index contributed by atoms with van der Waals surface area (Å²) in [6.45, 7) is 6.77. The fourth-order valence-electron chi connectivity index (χ4n) is 2.63. The molecule has 0 radical (unpaired) electrons. The van der Waals surface area contributed by atoms with Gasteiger partial charge in [0.2, 0.25) is 0 Å². The van der Waals surface area contributed by atoms with Gasteiger partial charge < -0.3 is 4.90 Å². The van der Waals surface area contributed by atoms with Crippen LogP contribution >= 0.6 is 0 Å². The quantitative estimate of drug-likeness (QED) is 0.849. The van der Waals surface area contributed by atoms with Crippen molar-refractivity contribution < 1.29 is 18.0 Å². The predicted octanol–water partition coefficient (Wildman–Crippen LogP) is 3.81. The Morgan fingerprint density at radius 1 is 1.29 bits per heavy atom. The lowest BCUT2D eigenvalue weighted by atomic mass is 10.1. The smallest absolute Gasteiger partial charge is 0.337 e. The minimum atomic E-state index is -4.47. The SMILES string of the molecule is CCn1nc(C)c(CN(C)C(=O)c2cccc(C(F)(F)F)c2)c1C. The number of nitrogens with zero attached hydrogens (tertiary/aromatic N) is 3. The average molecular weight is 339 g/mol. The van der Waals surface area contributed by atoms with Crippen molar-refractivity contribution in [3.8, 4) is 0 Å². The summed E-state index contributed by atoms with van der Waals surface area (Å²) >= 11 is 0. The van der Waals surface area contributed by atoms with Gasteiger partial charge in [-0.3, -0.25) is 9.48 Å². The van der Waals surface area contributed by atoms with Gasteiger partial charge in [-0.15, -0.1) is 0 Å². The average Bonchev–Trinajstić information content (AvgIpc) is 2.80. The summed E-state index contributed by atoms with van der Waals surface area (Å²) < 4.78 is 40.2. The Kier molecular flexibility index (Phi) is 5.01. The standard InChI is InChI=1S/C17H20F3N3O/c1-5-23-12(3)15(11(2)21-23)10-22(4)16(24)13-7-6-8-14(9-13)17(18,19)20/h6-9H,5,10H2,1-4H3. The number of amides is 1. The van der Waals surface area contributed by atoms with Crippen LogP contribution in [0.1, 0.15) is 39.8 Å². The van der Waals surface area contributed by atoms with Crippen LogP contribution in [0.3, 0.4) is 0 Å². The van der Waals surface area contributed by atoms with Crippen molar-refractivity contribution in [1.29, 1.82) is 0 Å². The fraction of sp³-hybridized carbons (Fsp3) is 0.412. The highest BCUT2D eigenvalue weighted by atomic mass is 19.4. The van der Waals surface area contributed by atoms with E-state index in [0.717, 1.165) is 35.6 Å². The lowest BCUT2D eigenvalue weighted by molar-refractivity contribution is -0.137. The molecule has 0 saturated carbocycles. The van der Waals surface area contributed by atoms with Crippen LogP contribution in [-0.4, -0.2) is 27.6 Å². The minimum Gasteiger partial charge on any atom is -0.337 e. The minimum absolute atomic E-state index is 0.0190. The van der Waals surface area contributed by atoms with Crippen molar-refractivity contribution in [1.82, 2.24) is 14.7 Å². The molecule has 4 nitrogen and oxygen atoms in total. The summed E-state index contributed by atoms with van der Waals surface area (Å²) in [5.74, 6) is -0.454. The molecule has 1 aromatic carbocycles. The van der Waals surface area contributed by atoms with E-state index < -0.39 is 17.6 Å². The zero-order chi connectivity index (χ0) is 18.1. The van der Waals surface area contributed by atoms with Crippen LogP contribution in [0.15, 0.2) is 24.3 Å². The Balaban J connectivity index is 2.23. The summed E-state index contributed by atoms with van der Waals surface area (Å²) in [6.07, 6.45) is -4.47. The van der Waals surface area contributed by atoms with Crippen molar-refractivity contribution in [2.45, 2.75) is 40.0 Å². The van der Waals surface area contributed by atoms with Gasteiger partial charge in [0.25, 0.3) is 5.91 Å². The Morgan fingerprint density at radius 2 is 1.96 bits per heavy atom. The Morgan fingerprint density at radius 3 is 2.50 bits per heavy atom. The van der Waals surface area contributed by atoms with Crippen LogP contribution in [0, 0.1) is 13.8 Å². The predicted molar refractivity (Wildman–Crippen MR) is 84.6 cm³/mol. The number of alkyl halides is 3. The number of hydrogen-bond acceptors (Lipinski definition) is 2. The molecule has 0 aliphatic rings. The molecule has 2 rings (SSSR count). The highest BCUT2D eigenvalue weighted by molar-refractivity contribution is 5.94. The molecule has 0 N–H and O–H groups in total. The van der Waals surface area contributed by atoms with Gasteiger partial charge in [-0.2, -0.15) is 18.3 Å². The number of aromatic nitrogens is 2. The maximum atomic E-state index is 12.8. The van der Waals surface area contributed by atoms with E-state index in [4.69, 9.17) is 0 Å². The van der Waals surface area contributed by atoms with Gasteiger partial charge in [-0.05, 0) is 39.0 Å². The van der Waals surface area contributed by atoms with Crippen LogP contribution in [-0.2, 0) is 19.3 Å². The molecule has 1 heterocycles. The largest absolute Gasteiger partial charge is 0.416 e. The molecule has 7 heteroatoms. The van der Waals surface area contributed by atoms with Gasteiger partial charge in [0.1, 0.15) is 0 Å².